The fourth-order valence-corrected chi connectivity index (χ4v) is 1.91. The lowest BCUT2D eigenvalue weighted by molar-refractivity contribution is 0.371. The average Bonchev–Trinajstić information content (AvgIpc) is 2.81. The molecule has 2 heterocycles. The highest BCUT2D eigenvalue weighted by Crippen LogP contribution is 2.18. The van der Waals surface area contributed by atoms with Crippen LogP contribution in [0.5, 0.6) is 11.8 Å². The van der Waals surface area contributed by atoms with E-state index >= 15 is 0 Å². The number of aryl methyl sites for hydroxylation is 3. The third kappa shape index (κ3) is 3.12. The Bertz CT molecular complexity index is 584. The van der Waals surface area contributed by atoms with Gasteiger partial charge in [0.05, 0.1) is 19.9 Å². The fraction of sp³-hybridized carbons (Fsp3) is 0.571. The zero-order valence-electron chi connectivity index (χ0n) is 13.6. The number of hydrogen-bond donors (Lipinski definition) is 0. The summed E-state index contributed by atoms with van der Waals surface area (Å²) in [7, 11) is 7.07. The van der Waals surface area contributed by atoms with E-state index in [1.165, 1.54) is 0 Å². The van der Waals surface area contributed by atoms with Gasteiger partial charge < -0.3 is 9.47 Å². The molecule has 0 unspecified atom stereocenters. The summed E-state index contributed by atoms with van der Waals surface area (Å²) in [4.78, 5) is 0. The van der Waals surface area contributed by atoms with Crippen molar-refractivity contribution in [3.8, 4) is 11.8 Å². The van der Waals surface area contributed by atoms with Crippen molar-refractivity contribution in [2.75, 3.05) is 14.2 Å². The van der Waals surface area contributed by atoms with Crippen LogP contribution in [0.4, 0.5) is 0 Å². The van der Waals surface area contributed by atoms with E-state index in [1.54, 1.807) is 18.9 Å². The van der Waals surface area contributed by atoms with Crippen molar-refractivity contribution in [2.24, 2.45) is 14.1 Å². The summed E-state index contributed by atoms with van der Waals surface area (Å²) in [5, 5.41) is 8.30. The summed E-state index contributed by atoms with van der Waals surface area (Å²) in [5.41, 5.74) is 4.41. The monoisotopic (exact) mass is 280 g/mol. The minimum absolute atomic E-state index is 0.722. The molecule has 0 aromatic carbocycles. The number of ether oxygens (including phenoxy) is 2. The van der Waals surface area contributed by atoms with Crippen molar-refractivity contribution in [1.29, 1.82) is 0 Å². The molecule has 0 radical (unpaired) electrons. The Kier molecular flexibility index (Phi) is 5.19. The maximum atomic E-state index is 5.10. The van der Waals surface area contributed by atoms with Crippen molar-refractivity contribution in [2.45, 2.75) is 27.7 Å². The van der Waals surface area contributed by atoms with Crippen LogP contribution >= 0.6 is 0 Å². The van der Waals surface area contributed by atoms with E-state index in [0.29, 0.717) is 0 Å². The van der Waals surface area contributed by atoms with Crippen molar-refractivity contribution < 1.29 is 9.47 Å². The molecule has 0 fully saturated rings. The highest BCUT2D eigenvalue weighted by Gasteiger charge is 2.07. The Morgan fingerprint density at radius 1 is 0.800 bits per heavy atom. The predicted molar refractivity (Wildman–Crippen MR) is 78.5 cm³/mol. The number of aromatic nitrogens is 4. The largest absolute Gasteiger partial charge is 0.481 e. The van der Waals surface area contributed by atoms with Gasteiger partial charge in [-0.15, -0.1) is 5.10 Å². The summed E-state index contributed by atoms with van der Waals surface area (Å²) >= 11 is 0. The van der Waals surface area contributed by atoms with Crippen LogP contribution in [-0.2, 0) is 14.1 Å². The molecule has 0 N–H and O–H groups in total. The number of rotatable bonds is 2. The van der Waals surface area contributed by atoms with E-state index < -0.39 is 0 Å². The fourth-order valence-electron chi connectivity index (χ4n) is 1.91. The van der Waals surface area contributed by atoms with Crippen LogP contribution in [-0.4, -0.2) is 33.8 Å². The highest BCUT2D eigenvalue weighted by molar-refractivity contribution is 5.29. The summed E-state index contributed by atoms with van der Waals surface area (Å²) in [6.07, 6.45) is 0. The van der Waals surface area contributed by atoms with Crippen molar-refractivity contribution in [3.63, 3.8) is 0 Å². The van der Waals surface area contributed by atoms with Gasteiger partial charge >= 0.3 is 0 Å². The summed E-state index contributed by atoms with van der Waals surface area (Å²) in [5.74, 6) is 1.57. The van der Waals surface area contributed by atoms with Crippen LogP contribution in [0.3, 0.4) is 0 Å². The van der Waals surface area contributed by atoms with Gasteiger partial charge in [0.1, 0.15) is 0 Å². The molecule has 0 amide bonds. The van der Waals surface area contributed by atoms with Gasteiger partial charge in [0.25, 0.3) is 0 Å². The number of methoxy groups -OCH3 is 2. The molecule has 0 spiro atoms. The maximum absolute atomic E-state index is 5.10. The van der Waals surface area contributed by atoms with E-state index in [0.717, 1.165) is 34.3 Å². The molecule has 0 aliphatic heterocycles. The zero-order chi connectivity index (χ0) is 15.4. The van der Waals surface area contributed by atoms with E-state index in [1.807, 2.05) is 46.5 Å². The molecule has 20 heavy (non-hydrogen) atoms. The Hall–Kier alpha value is -1.98. The summed E-state index contributed by atoms with van der Waals surface area (Å²) < 4.78 is 13.7. The van der Waals surface area contributed by atoms with Crippen LogP contribution < -0.4 is 9.47 Å². The summed E-state index contributed by atoms with van der Waals surface area (Å²) in [6.45, 7) is 7.99. The Morgan fingerprint density at radius 3 is 1.60 bits per heavy atom. The van der Waals surface area contributed by atoms with E-state index in [9.17, 15) is 0 Å². The second kappa shape index (κ2) is 6.45. The van der Waals surface area contributed by atoms with Crippen molar-refractivity contribution >= 4 is 0 Å². The molecule has 0 aliphatic rings. The van der Waals surface area contributed by atoms with Crippen LogP contribution in [0.25, 0.3) is 0 Å². The SMILES string of the molecule is COc1c(C)c(C)nn1C.COc1nn(C)c(C)c1C. The molecule has 6 nitrogen and oxygen atoms in total. The topological polar surface area (TPSA) is 54.1 Å². The quantitative estimate of drug-likeness (QED) is 0.845. The predicted octanol–water partition coefficient (Wildman–Crippen LogP) is 2.09. The maximum Gasteiger partial charge on any atom is 0.235 e. The second-order valence-corrected chi connectivity index (χ2v) is 4.69. The lowest BCUT2D eigenvalue weighted by atomic mass is 10.3. The lowest BCUT2D eigenvalue weighted by Gasteiger charge is -1.98. The highest BCUT2D eigenvalue weighted by atomic mass is 16.5. The Morgan fingerprint density at radius 2 is 1.40 bits per heavy atom. The molecule has 112 valence electrons. The Balaban J connectivity index is 0.000000200. The molecule has 0 saturated carbocycles. The molecule has 6 heteroatoms. The van der Waals surface area contributed by atoms with Gasteiger partial charge in [-0.3, -0.25) is 4.68 Å². The number of nitrogens with zero attached hydrogens (tertiary/aromatic N) is 4. The molecule has 2 aromatic rings. The van der Waals surface area contributed by atoms with Gasteiger partial charge in [-0.25, -0.2) is 4.68 Å². The van der Waals surface area contributed by atoms with Gasteiger partial charge in [0.15, 0.2) is 0 Å². The minimum atomic E-state index is 0.722. The van der Waals surface area contributed by atoms with Gasteiger partial charge in [-0.2, -0.15) is 5.10 Å². The van der Waals surface area contributed by atoms with Crippen LogP contribution in [0, 0.1) is 27.7 Å². The van der Waals surface area contributed by atoms with Crippen LogP contribution in [0.15, 0.2) is 0 Å². The smallest absolute Gasteiger partial charge is 0.235 e. The second-order valence-electron chi connectivity index (χ2n) is 4.69. The van der Waals surface area contributed by atoms with E-state index in [2.05, 4.69) is 10.2 Å². The third-order valence-corrected chi connectivity index (χ3v) is 3.43. The molecule has 0 aliphatic carbocycles. The van der Waals surface area contributed by atoms with E-state index in [4.69, 9.17) is 9.47 Å². The van der Waals surface area contributed by atoms with Crippen molar-refractivity contribution in [3.05, 3.63) is 22.5 Å². The molecule has 0 bridgehead atoms. The van der Waals surface area contributed by atoms with Crippen molar-refractivity contribution in [1.82, 2.24) is 19.6 Å². The summed E-state index contributed by atoms with van der Waals surface area (Å²) in [6, 6.07) is 0. The first-order chi connectivity index (χ1) is 9.33. The lowest BCUT2D eigenvalue weighted by Crippen LogP contribution is -1.95. The first kappa shape index (κ1) is 16.1. The molecule has 2 aromatic heterocycles. The average molecular weight is 280 g/mol. The molecular weight excluding hydrogens is 256 g/mol. The van der Waals surface area contributed by atoms with Gasteiger partial charge in [0, 0.05) is 30.9 Å². The van der Waals surface area contributed by atoms with Crippen LogP contribution in [0.2, 0.25) is 0 Å². The van der Waals surface area contributed by atoms with Gasteiger partial charge in [-0.05, 0) is 27.7 Å². The number of hydrogen-bond acceptors (Lipinski definition) is 4. The third-order valence-electron chi connectivity index (χ3n) is 3.43. The Labute approximate surface area is 120 Å². The van der Waals surface area contributed by atoms with Crippen LogP contribution in [0.1, 0.15) is 22.5 Å². The van der Waals surface area contributed by atoms with Gasteiger partial charge in [0.2, 0.25) is 11.8 Å². The first-order valence-electron chi connectivity index (χ1n) is 6.41. The normalized spacial score (nSPS) is 10.0. The zero-order valence-corrected chi connectivity index (χ0v) is 13.6. The molecule has 2 rings (SSSR count). The standard InChI is InChI=1S/2C7H12N2O/c1-5-6(2)9(3)8-7(5)10-4;1-5-6(2)8-9(3)7(5)10-4/h2*1-4H3. The van der Waals surface area contributed by atoms with E-state index in [-0.39, 0.29) is 0 Å². The van der Waals surface area contributed by atoms with Gasteiger partial charge in [-0.1, -0.05) is 0 Å². The minimum Gasteiger partial charge on any atom is -0.481 e. The molecule has 0 atom stereocenters. The first-order valence-corrected chi connectivity index (χ1v) is 6.41. The molecular formula is C14H24N4O2. The molecule has 0 saturated heterocycles.